The zero-order chi connectivity index (χ0) is 13.1. The molecule has 0 fully saturated rings. The smallest absolute Gasteiger partial charge is 0.142 e. The Morgan fingerprint density at radius 3 is 2.50 bits per heavy atom. The molecule has 0 radical (unpaired) electrons. The van der Waals surface area contributed by atoms with Crippen molar-refractivity contribution in [3.05, 3.63) is 69.5 Å². The van der Waals surface area contributed by atoms with Crippen molar-refractivity contribution in [1.29, 1.82) is 0 Å². The summed E-state index contributed by atoms with van der Waals surface area (Å²) in [6.45, 7) is 0. The Hall–Kier alpha value is -1.09. The van der Waals surface area contributed by atoms with Crippen molar-refractivity contribution in [3.63, 3.8) is 0 Å². The molecule has 1 atom stereocenters. The quantitative estimate of drug-likeness (QED) is 0.885. The van der Waals surface area contributed by atoms with Gasteiger partial charge in [-0.1, -0.05) is 53.5 Å². The first-order valence-corrected chi connectivity index (χ1v) is 6.20. The highest BCUT2D eigenvalue weighted by molar-refractivity contribution is 6.31. The van der Waals surface area contributed by atoms with Crippen molar-refractivity contribution < 1.29 is 9.50 Å². The predicted molar refractivity (Wildman–Crippen MR) is 71.5 cm³/mol. The standard InChI is InChI=1S/C14H11Cl2FO/c15-11-6-2-1-5-10(11)13(18)8-9-4-3-7-12(17)14(9)16/h1-7,13,18H,8H2. The van der Waals surface area contributed by atoms with Crippen molar-refractivity contribution in [2.45, 2.75) is 12.5 Å². The molecule has 0 heterocycles. The molecule has 1 nitrogen and oxygen atoms in total. The van der Waals surface area contributed by atoms with Crippen LogP contribution in [0.25, 0.3) is 0 Å². The molecule has 2 aromatic rings. The molecule has 18 heavy (non-hydrogen) atoms. The lowest BCUT2D eigenvalue weighted by Crippen LogP contribution is -2.03. The lowest BCUT2D eigenvalue weighted by atomic mass is 10.0. The molecule has 0 bridgehead atoms. The summed E-state index contributed by atoms with van der Waals surface area (Å²) in [5.74, 6) is -0.486. The van der Waals surface area contributed by atoms with Crippen LogP contribution in [0.1, 0.15) is 17.2 Å². The van der Waals surface area contributed by atoms with E-state index in [-0.39, 0.29) is 11.4 Å². The number of hydrogen-bond acceptors (Lipinski definition) is 1. The third kappa shape index (κ3) is 2.83. The summed E-state index contributed by atoms with van der Waals surface area (Å²) >= 11 is 11.8. The average molecular weight is 285 g/mol. The molecule has 0 aliphatic carbocycles. The van der Waals surface area contributed by atoms with Gasteiger partial charge in [0.2, 0.25) is 0 Å². The van der Waals surface area contributed by atoms with E-state index in [4.69, 9.17) is 23.2 Å². The van der Waals surface area contributed by atoms with Gasteiger partial charge in [-0.2, -0.15) is 0 Å². The first-order valence-electron chi connectivity index (χ1n) is 5.45. The highest BCUT2D eigenvalue weighted by atomic mass is 35.5. The molecule has 1 unspecified atom stereocenters. The van der Waals surface area contributed by atoms with Gasteiger partial charge in [0, 0.05) is 11.4 Å². The molecular formula is C14H11Cl2FO. The van der Waals surface area contributed by atoms with Gasteiger partial charge in [-0.25, -0.2) is 4.39 Å². The number of aliphatic hydroxyl groups is 1. The van der Waals surface area contributed by atoms with E-state index in [2.05, 4.69) is 0 Å². The van der Waals surface area contributed by atoms with E-state index in [0.29, 0.717) is 16.1 Å². The van der Waals surface area contributed by atoms with Crippen LogP contribution in [0, 0.1) is 5.82 Å². The van der Waals surface area contributed by atoms with E-state index in [1.807, 2.05) is 0 Å². The molecule has 0 saturated carbocycles. The van der Waals surface area contributed by atoms with Crippen molar-refractivity contribution in [3.8, 4) is 0 Å². The minimum atomic E-state index is -0.807. The lowest BCUT2D eigenvalue weighted by molar-refractivity contribution is 0.178. The van der Waals surface area contributed by atoms with Crippen LogP contribution >= 0.6 is 23.2 Å². The lowest BCUT2D eigenvalue weighted by Gasteiger charge is -2.13. The molecule has 0 aromatic heterocycles. The van der Waals surface area contributed by atoms with Crippen LogP contribution < -0.4 is 0 Å². The topological polar surface area (TPSA) is 20.2 Å². The van der Waals surface area contributed by atoms with Gasteiger partial charge in [0.15, 0.2) is 0 Å². The maximum atomic E-state index is 13.3. The normalized spacial score (nSPS) is 12.4. The van der Waals surface area contributed by atoms with E-state index < -0.39 is 11.9 Å². The number of benzene rings is 2. The Balaban J connectivity index is 2.24. The predicted octanol–water partition coefficient (Wildman–Crippen LogP) is 4.41. The van der Waals surface area contributed by atoms with Gasteiger partial charge in [0.25, 0.3) is 0 Å². The minimum absolute atomic E-state index is 0.0450. The zero-order valence-electron chi connectivity index (χ0n) is 9.41. The molecule has 1 N–H and O–H groups in total. The van der Waals surface area contributed by atoms with E-state index >= 15 is 0 Å². The Bertz CT molecular complexity index is 557. The van der Waals surface area contributed by atoms with Gasteiger partial charge < -0.3 is 5.11 Å². The van der Waals surface area contributed by atoms with Crippen molar-refractivity contribution in [2.75, 3.05) is 0 Å². The van der Waals surface area contributed by atoms with Crippen molar-refractivity contribution in [2.24, 2.45) is 0 Å². The van der Waals surface area contributed by atoms with Crippen molar-refractivity contribution in [1.82, 2.24) is 0 Å². The molecule has 0 aliphatic heterocycles. The van der Waals surface area contributed by atoms with Gasteiger partial charge in [-0.05, 0) is 23.3 Å². The first kappa shape index (κ1) is 13.3. The van der Waals surface area contributed by atoms with Gasteiger partial charge >= 0.3 is 0 Å². The fourth-order valence-electron chi connectivity index (χ4n) is 1.77. The molecule has 94 valence electrons. The molecule has 0 amide bonds. The number of hydrogen-bond donors (Lipinski definition) is 1. The second-order valence-electron chi connectivity index (χ2n) is 3.95. The zero-order valence-corrected chi connectivity index (χ0v) is 10.9. The van der Waals surface area contributed by atoms with Crippen LogP contribution in [0.5, 0.6) is 0 Å². The van der Waals surface area contributed by atoms with Crippen LogP contribution in [-0.2, 0) is 6.42 Å². The molecular weight excluding hydrogens is 274 g/mol. The van der Waals surface area contributed by atoms with E-state index in [9.17, 15) is 9.50 Å². The van der Waals surface area contributed by atoms with Crippen molar-refractivity contribution >= 4 is 23.2 Å². The van der Waals surface area contributed by atoms with Gasteiger partial charge in [0.05, 0.1) is 11.1 Å². The summed E-state index contributed by atoms with van der Waals surface area (Å²) in [6.07, 6.45) is -0.585. The van der Waals surface area contributed by atoms with Crippen LogP contribution in [-0.4, -0.2) is 5.11 Å². The van der Waals surface area contributed by atoms with Gasteiger partial charge in [-0.3, -0.25) is 0 Å². The average Bonchev–Trinajstić information content (AvgIpc) is 2.35. The second-order valence-corrected chi connectivity index (χ2v) is 4.74. The monoisotopic (exact) mass is 284 g/mol. The van der Waals surface area contributed by atoms with Gasteiger partial charge in [-0.15, -0.1) is 0 Å². The summed E-state index contributed by atoms with van der Waals surface area (Å²) in [7, 11) is 0. The summed E-state index contributed by atoms with van der Waals surface area (Å²) < 4.78 is 13.3. The Morgan fingerprint density at radius 1 is 1.06 bits per heavy atom. The molecule has 0 spiro atoms. The number of rotatable bonds is 3. The molecule has 2 rings (SSSR count). The van der Waals surface area contributed by atoms with E-state index in [1.54, 1.807) is 36.4 Å². The van der Waals surface area contributed by atoms with Crippen LogP contribution in [0.3, 0.4) is 0 Å². The Labute approximate surface area is 115 Å². The maximum absolute atomic E-state index is 13.3. The van der Waals surface area contributed by atoms with Crippen LogP contribution in [0.2, 0.25) is 10.0 Å². The largest absolute Gasteiger partial charge is 0.388 e. The van der Waals surface area contributed by atoms with Crippen LogP contribution in [0.4, 0.5) is 4.39 Å². The number of aliphatic hydroxyl groups excluding tert-OH is 1. The van der Waals surface area contributed by atoms with Crippen LogP contribution in [0.15, 0.2) is 42.5 Å². The molecule has 4 heteroatoms. The molecule has 0 aliphatic rings. The Kier molecular flexibility index (Phi) is 4.23. The minimum Gasteiger partial charge on any atom is -0.388 e. The fraction of sp³-hybridized carbons (Fsp3) is 0.143. The summed E-state index contributed by atoms with van der Waals surface area (Å²) in [6, 6.07) is 11.5. The fourth-order valence-corrected chi connectivity index (χ4v) is 2.23. The summed E-state index contributed by atoms with van der Waals surface area (Å²) in [4.78, 5) is 0. The third-order valence-electron chi connectivity index (χ3n) is 2.71. The highest BCUT2D eigenvalue weighted by Gasteiger charge is 2.14. The van der Waals surface area contributed by atoms with E-state index in [0.717, 1.165) is 0 Å². The second kappa shape index (κ2) is 5.70. The summed E-state index contributed by atoms with van der Waals surface area (Å²) in [5.41, 5.74) is 1.17. The van der Waals surface area contributed by atoms with E-state index in [1.165, 1.54) is 6.07 Å². The summed E-state index contributed by atoms with van der Waals surface area (Å²) in [5, 5.41) is 10.6. The molecule has 2 aromatic carbocycles. The Morgan fingerprint density at radius 2 is 1.78 bits per heavy atom. The third-order valence-corrected chi connectivity index (χ3v) is 3.48. The van der Waals surface area contributed by atoms with Gasteiger partial charge in [0.1, 0.15) is 5.82 Å². The SMILES string of the molecule is OC(Cc1cccc(F)c1Cl)c1ccccc1Cl. The first-order chi connectivity index (χ1) is 8.59. The highest BCUT2D eigenvalue weighted by Crippen LogP contribution is 2.28. The molecule has 0 saturated heterocycles. The number of halogens is 3. The maximum Gasteiger partial charge on any atom is 0.142 e.